The van der Waals surface area contributed by atoms with Crippen LogP contribution in [0.15, 0.2) is 4.90 Å². The standard InChI is InChI=1S/C18H29N3O3S/c1-11-12(2)14(4)17(15(5)13(11)3)25(23,24)21-9-7-20(8-10-21)16(6)18(19)22/h16H,7-10H2,1-6H3,(H2,19,22)/t16-/m1/s1. The van der Waals surface area contributed by atoms with Crippen LogP contribution in [-0.4, -0.2) is 55.8 Å². The molecule has 25 heavy (non-hydrogen) atoms. The van der Waals surface area contributed by atoms with Crippen LogP contribution in [0.2, 0.25) is 0 Å². The quantitative estimate of drug-likeness (QED) is 0.872. The Balaban J connectivity index is 2.35. The van der Waals surface area contributed by atoms with E-state index in [1.54, 1.807) is 6.92 Å². The third kappa shape index (κ3) is 3.45. The minimum Gasteiger partial charge on any atom is -0.368 e. The monoisotopic (exact) mass is 367 g/mol. The maximum atomic E-state index is 13.3. The highest BCUT2D eigenvalue weighted by Gasteiger charge is 2.33. The lowest BCUT2D eigenvalue weighted by Crippen LogP contribution is -2.54. The fourth-order valence-corrected chi connectivity index (χ4v) is 5.48. The van der Waals surface area contributed by atoms with E-state index in [4.69, 9.17) is 5.73 Å². The second kappa shape index (κ2) is 7.05. The molecule has 0 unspecified atom stereocenters. The second-order valence-corrected chi connectivity index (χ2v) is 8.85. The number of benzene rings is 1. The van der Waals surface area contributed by atoms with Crippen molar-refractivity contribution in [2.45, 2.75) is 52.5 Å². The van der Waals surface area contributed by atoms with Crippen molar-refractivity contribution in [3.05, 3.63) is 27.8 Å². The van der Waals surface area contributed by atoms with Gasteiger partial charge in [0, 0.05) is 26.2 Å². The molecule has 0 saturated carbocycles. The molecular weight excluding hydrogens is 338 g/mol. The van der Waals surface area contributed by atoms with Crippen molar-refractivity contribution in [1.82, 2.24) is 9.21 Å². The lowest BCUT2D eigenvalue weighted by molar-refractivity contribution is -0.123. The van der Waals surface area contributed by atoms with Crippen LogP contribution in [0.4, 0.5) is 0 Å². The number of rotatable bonds is 4. The summed E-state index contributed by atoms with van der Waals surface area (Å²) >= 11 is 0. The van der Waals surface area contributed by atoms with Crippen molar-refractivity contribution in [3.63, 3.8) is 0 Å². The largest absolute Gasteiger partial charge is 0.368 e. The zero-order chi connectivity index (χ0) is 19.1. The molecule has 7 heteroatoms. The van der Waals surface area contributed by atoms with Gasteiger partial charge in [-0.1, -0.05) is 0 Å². The van der Waals surface area contributed by atoms with Gasteiger partial charge in [-0.05, 0) is 69.4 Å². The molecule has 1 aliphatic rings. The number of hydrogen-bond donors (Lipinski definition) is 1. The van der Waals surface area contributed by atoms with Crippen molar-refractivity contribution >= 4 is 15.9 Å². The van der Waals surface area contributed by atoms with Crippen molar-refractivity contribution < 1.29 is 13.2 Å². The van der Waals surface area contributed by atoms with Gasteiger partial charge >= 0.3 is 0 Å². The Morgan fingerprint density at radius 3 is 1.68 bits per heavy atom. The number of primary amides is 1. The lowest BCUT2D eigenvalue weighted by atomic mass is 9.95. The van der Waals surface area contributed by atoms with Gasteiger partial charge in [0.25, 0.3) is 0 Å². The maximum Gasteiger partial charge on any atom is 0.243 e. The Hall–Kier alpha value is -1.44. The van der Waals surface area contributed by atoms with Gasteiger partial charge in [0.05, 0.1) is 10.9 Å². The molecule has 1 aliphatic heterocycles. The molecule has 0 aliphatic carbocycles. The molecule has 2 N–H and O–H groups in total. The van der Waals surface area contributed by atoms with Crippen LogP contribution in [0.5, 0.6) is 0 Å². The molecule has 1 atom stereocenters. The molecule has 1 amide bonds. The normalized spacial score (nSPS) is 18.3. The fourth-order valence-electron chi connectivity index (χ4n) is 3.49. The third-order valence-electron chi connectivity index (χ3n) is 5.76. The summed E-state index contributed by atoms with van der Waals surface area (Å²) in [7, 11) is -3.56. The number of carbonyl (C=O) groups is 1. The van der Waals surface area contributed by atoms with Gasteiger partial charge in [0.1, 0.15) is 0 Å². The average molecular weight is 368 g/mol. The summed E-state index contributed by atoms with van der Waals surface area (Å²) in [6.45, 7) is 13.2. The van der Waals surface area contributed by atoms with E-state index in [1.807, 2.05) is 39.5 Å². The van der Waals surface area contributed by atoms with E-state index >= 15 is 0 Å². The fraction of sp³-hybridized carbons (Fsp3) is 0.611. The maximum absolute atomic E-state index is 13.3. The Bertz CT molecular complexity index is 765. The number of nitrogens with two attached hydrogens (primary N) is 1. The zero-order valence-electron chi connectivity index (χ0n) is 16.0. The van der Waals surface area contributed by atoms with Crippen LogP contribution < -0.4 is 5.73 Å². The second-order valence-electron chi connectivity index (χ2n) is 6.97. The van der Waals surface area contributed by atoms with E-state index < -0.39 is 10.0 Å². The van der Waals surface area contributed by atoms with Gasteiger partial charge in [0.2, 0.25) is 15.9 Å². The summed E-state index contributed by atoms with van der Waals surface area (Å²) in [5, 5.41) is 0. The number of amides is 1. The lowest BCUT2D eigenvalue weighted by Gasteiger charge is -2.36. The number of piperazine rings is 1. The molecule has 0 spiro atoms. The summed E-state index contributed by atoms with van der Waals surface area (Å²) < 4.78 is 28.1. The molecule has 1 aromatic rings. The average Bonchev–Trinajstić information content (AvgIpc) is 2.57. The van der Waals surface area contributed by atoms with E-state index in [1.165, 1.54) is 4.31 Å². The van der Waals surface area contributed by atoms with Crippen molar-refractivity contribution in [2.24, 2.45) is 5.73 Å². The molecular formula is C18H29N3O3S. The van der Waals surface area contributed by atoms with E-state index in [-0.39, 0.29) is 11.9 Å². The number of sulfonamides is 1. The molecule has 0 radical (unpaired) electrons. The summed E-state index contributed by atoms with van der Waals surface area (Å²) in [4.78, 5) is 13.7. The van der Waals surface area contributed by atoms with Crippen molar-refractivity contribution in [3.8, 4) is 0 Å². The van der Waals surface area contributed by atoms with Gasteiger partial charge in [-0.2, -0.15) is 4.31 Å². The Morgan fingerprint density at radius 1 is 0.880 bits per heavy atom. The van der Waals surface area contributed by atoms with Crippen LogP contribution in [0, 0.1) is 34.6 Å². The van der Waals surface area contributed by atoms with E-state index in [0.29, 0.717) is 31.1 Å². The molecule has 0 aromatic heterocycles. The van der Waals surface area contributed by atoms with Crippen LogP contribution >= 0.6 is 0 Å². The predicted octanol–water partition coefficient (Wildman–Crippen LogP) is 1.41. The summed E-state index contributed by atoms with van der Waals surface area (Å²) in [6.07, 6.45) is 0. The number of hydrogen-bond acceptors (Lipinski definition) is 4. The van der Waals surface area contributed by atoms with E-state index in [2.05, 4.69) is 0 Å². The molecule has 1 aromatic carbocycles. The molecule has 2 rings (SSSR count). The van der Waals surface area contributed by atoms with E-state index in [0.717, 1.165) is 27.8 Å². The van der Waals surface area contributed by atoms with Crippen molar-refractivity contribution in [1.29, 1.82) is 0 Å². The minimum atomic E-state index is -3.56. The zero-order valence-corrected chi connectivity index (χ0v) is 16.8. The minimum absolute atomic E-state index is 0.366. The van der Waals surface area contributed by atoms with Gasteiger partial charge in [-0.25, -0.2) is 8.42 Å². The first kappa shape index (κ1) is 19.9. The SMILES string of the molecule is Cc1c(C)c(C)c(S(=O)(=O)N2CCN([C@H](C)C(N)=O)CC2)c(C)c1C. The molecule has 1 fully saturated rings. The highest BCUT2D eigenvalue weighted by molar-refractivity contribution is 7.89. The molecule has 6 nitrogen and oxygen atoms in total. The van der Waals surface area contributed by atoms with E-state index in [9.17, 15) is 13.2 Å². The Morgan fingerprint density at radius 2 is 1.28 bits per heavy atom. The highest BCUT2D eigenvalue weighted by Crippen LogP contribution is 2.32. The number of nitrogens with zero attached hydrogens (tertiary/aromatic N) is 2. The van der Waals surface area contributed by atoms with Crippen LogP contribution in [0.3, 0.4) is 0 Å². The van der Waals surface area contributed by atoms with Gasteiger partial charge in [0.15, 0.2) is 0 Å². The predicted molar refractivity (Wildman–Crippen MR) is 99.1 cm³/mol. The van der Waals surface area contributed by atoms with Gasteiger partial charge in [-0.15, -0.1) is 0 Å². The van der Waals surface area contributed by atoms with Crippen LogP contribution in [0.1, 0.15) is 34.7 Å². The molecule has 1 heterocycles. The Labute approximate surface area is 151 Å². The summed E-state index contributed by atoms with van der Waals surface area (Å²) in [6, 6.07) is -0.378. The smallest absolute Gasteiger partial charge is 0.243 e. The van der Waals surface area contributed by atoms with Crippen LogP contribution in [0.25, 0.3) is 0 Å². The summed E-state index contributed by atoms with van der Waals surface area (Å²) in [5.74, 6) is -0.382. The van der Waals surface area contributed by atoms with Crippen LogP contribution in [-0.2, 0) is 14.8 Å². The number of carbonyl (C=O) groups excluding carboxylic acids is 1. The first-order valence-electron chi connectivity index (χ1n) is 8.60. The summed E-state index contributed by atoms with van der Waals surface area (Å²) in [5.41, 5.74) is 10.2. The molecule has 0 bridgehead atoms. The van der Waals surface area contributed by atoms with Gasteiger partial charge in [-0.3, -0.25) is 9.69 Å². The van der Waals surface area contributed by atoms with Gasteiger partial charge < -0.3 is 5.73 Å². The highest BCUT2D eigenvalue weighted by atomic mass is 32.2. The molecule has 1 saturated heterocycles. The molecule has 140 valence electrons. The third-order valence-corrected chi connectivity index (χ3v) is 7.94. The Kier molecular flexibility index (Phi) is 5.61. The van der Waals surface area contributed by atoms with Crippen molar-refractivity contribution in [2.75, 3.05) is 26.2 Å². The first-order chi connectivity index (χ1) is 11.5. The first-order valence-corrected chi connectivity index (χ1v) is 10.0. The topological polar surface area (TPSA) is 83.7 Å².